The van der Waals surface area contributed by atoms with Gasteiger partial charge in [-0.05, 0) is 25.0 Å². The van der Waals surface area contributed by atoms with Crippen molar-refractivity contribution in [1.82, 2.24) is 5.32 Å². The highest BCUT2D eigenvalue weighted by atomic mass is 16.3. The summed E-state index contributed by atoms with van der Waals surface area (Å²) in [5.41, 5.74) is -0.893. The molecular weight excluding hydrogens is 232 g/mol. The maximum Gasteiger partial charge on any atom is 0.256 e. The summed E-state index contributed by atoms with van der Waals surface area (Å²) in [4.78, 5) is 12.0. The quantitative estimate of drug-likeness (QED) is 0.758. The standard InChI is InChI=1S/C13H16N2O3/c1-3-13(4-2,8-14)15-12(18)10-6-5-9(16)7-11(10)17/h5-7,16-17H,3-4H2,1-2H3,(H,15,18). The van der Waals surface area contributed by atoms with Crippen molar-refractivity contribution < 1.29 is 15.0 Å². The van der Waals surface area contributed by atoms with Gasteiger partial charge in [-0.15, -0.1) is 0 Å². The number of nitrogens with one attached hydrogen (secondary N) is 1. The van der Waals surface area contributed by atoms with Crippen LogP contribution in [0, 0.1) is 11.3 Å². The Morgan fingerprint density at radius 2 is 2.00 bits per heavy atom. The van der Waals surface area contributed by atoms with Crippen molar-refractivity contribution in [2.45, 2.75) is 32.2 Å². The predicted octanol–water partition coefficient (Wildman–Crippen LogP) is 1.91. The molecule has 0 aliphatic rings. The molecule has 1 aromatic rings. The van der Waals surface area contributed by atoms with E-state index in [9.17, 15) is 9.90 Å². The van der Waals surface area contributed by atoms with E-state index in [1.807, 2.05) is 13.8 Å². The minimum absolute atomic E-state index is 0.0364. The number of benzene rings is 1. The van der Waals surface area contributed by atoms with Gasteiger partial charge in [-0.2, -0.15) is 5.26 Å². The van der Waals surface area contributed by atoms with Gasteiger partial charge in [-0.1, -0.05) is 13.8 Å². The van der Waals surface area contributed by atoms with Gasteiger partial charge in [0, 0.05) is 6.07 Å². The molecule has 0 saturated carbocycles. The molecule has 0 saturated heterocycles. The van der Waals surface area contributed by atoms with Crippen molar-refractivity contribution in [3.63, 3.8) is 0 Å². The lowest BCUT2D eigenvalue weighted by atomic mass is 9.94. The highest BCUT2D eigenvalue weighted by molar-refractivity contribution is 5.97. The number of carbonyl (C=O) groups is 1. The van der Waals surface area contributed by atoms with E-state index in [-0.39, 0.29) is 17.1 Å². The van der Waals surface area contributed by atoms with E-state index >= 15 is 0 Å². The Kier molecular flexibility index (Phi) is 4.16. The monoisotopic (exact) mass is 248 g/mol. The zero-order chi connectivity index (χ0) is 13.8. The maximum absolute atomic E-state index is 12.0. The van der Waals surface area contributed by atoms with Crippen molar-refractivity contribution >= 4 is 5.91 Å². The lowest BCUT2D eigenvalue weighted by Gasteiger charge is -2.25. The summed E-state index contributed by atoms with van der Waals surface area (Å²) in [7, 11) is 0. The van der Waals surface area contributed by atoms with E-state index < -0.39 is 11.4 Å². The molecular formula is C13H16N2O3. The molecule has 0 aliphatic carbocycles. The number of nitrogens with zero attached hydrogens (tertiary/aromatic N) is 1. The molecule has 0 unspecified atom stereocenters. The van der Waals surface area contributed by atoms with Crippen LogP contribution in [-0.2, 0) is 0 Å². The summed E-state index contributed by atoms with van der Waals surface area (Å²) in [5.74, 6) is -0.967. The number of hydrogen-bond acceptors (Lipinski definition) is 4. The topological polar surface area (TPSA) is 93.4 Å². The van der Waals surface area contributed by atoms with Gasteiger partial charge >= 0.3 is 0 Å². The molecule has 0 aromatic heterocycles. The summed E-state index contributed by atoms with van der Waals surface area (Å²) in [6, 6.07) is 5.79. The van der Waals surface area contributed by atoms with Crippen molar-refractivity contribution in [2.75, 3.05) is 0 Å². The fourth-order valence-electron chi connectivity index (χ4n) is 1.61. The predicted molar refractivity (Wildman–Crippen MR) is 66.2 cm³/mol. The van der Waals surface area contributed by atoms with E-state index in [0.717, 1.165) is 6.07 Å². The second-order valence-corrected chi connectivity index (χ2v) is 4.06. The molecule has 1 aromatic carbocycles. The van der Waals surface area contributed by atoms with Crippen LogP contribution in [-0.4, -0.2) is 21.7 Å². The average molecular weight is 248 g/mol. The number of rotatable bonds is 4. The van der Waals surface area contributed by atoms with E-state index in [1.165, 1.54) is 12.1 Å². The second-order valence-electron chi connectivity index (χ2n) is 4.06. The molecule has 5 heteroatoms. The van der Waals surface area contributed by atoms with Crippen LogP contribution in [0.2, 0.25) is 0 Å². The first kappa shape index (κ1) is 13.8. The van der Waals surface area contributed by atoms with Crippen LogP contribution < -0.4 is 5.32 Å². The fraction of sp³-hybridized carbons (Fsp3) is 0.385. The molecule has 0 spiro atoms. The summed E-state index contributed by atoms with van der Waals surface area (Å²) in [6.45, 7) is 3.62. The lowest BCUT2D eigenvalue weighted by Crippen LogP contribution is -2.46. The van der Waals surface area contributed by atoms with Gasteiger partial charge in [0.15, 0.2) is 0 Å². The van der Waals surface area contributed by atoms with Crippen molar-refractivity contribution in [2.24, 2.45) is 0 Å². The van der Waals surface area contributed by atoms with Crippen molar-refractivity contribution in [3.8, 4) is 17.6 Å². The van der Waals surface area contributed by atoms with Crippen LogP contribution in [0.1, 0.15) is 37.0 Å². The molecule has 0 radical (unpaired) electrons. The number of phenols is 2. The Hall–Kier alpha value is -2.22. The van der Waals surface area contributed by atoms with Gasteiger partial charge in [0.05, 0.1) is 11.6 Å². The minimum atomic E-state index is -0.929. The normalized spacial score (nSPS) is 10.7. The third-order valence-corrected chi connectivity index (χ3v) is 3.00. The van der Waals surface area contributed by atoms with Gasteiger partial charge < -0.3 is 15.5 Å². The highest BCUT2D eigenvalue weighted by Gasteiger charge is 2.28. The number of nitriles is 1. The third kappa shape index (κ3) is 2.72. The molecule has 0 atom stereocenters. The molecule has 5 nitrogen and oxygen atoms in total. The summed E-state index contributed by atoms with van der Waals surface area (Å²) < 4.78 is 0. The highest BCUT2D eigenvalue weighted by Crippen LogP contribution is 2.23. The minimum Gasteiger partial charge on any atom is -0.508 e. The molecule has 0 heterocycles. The van der Waals surface area contributed by atoms with Crippen molar-refractivity contribution in [3.05, 3.63) is 23.8 Å². The Balaban J connectivity index is 2.99. The first-order valence-corrected chi connectivity index (χ1v) is 5.73. The summed E-state index contributed by atoms with van der Waals surface area (Å²) >= 11 is 0. The third-order valence-electron chi connectivity index (χ3n) is 3.00. The van der Waals surface area contributed by atoms with E-state index in [2.05, 4.69) is 11.4 Å². The Morgan fingerprint density at radius 3 is 2.44 bits per heavy atom. The number of aromatic hydroxyl groups is 2. The van der Waals surface area contributed by atoms with Crippen LogP contribution in [0.5, 0.6) is 11.5 Å². The SMILES string of the molecule is CCC(C#N)(CC)NC(=O)c1ccc(O)cc1O. The van der Waals surface area contributed by atoms with E-state index in [1.54, 1.807) is 0 Å². The van der Waals surface area contributed by atoms with Crippen molar-refractivity contribution in [1.29, 1.82) is 5.26 Å². The van der Waals surface area contributed by atoms with E-state index in [4.69, 9.17) is 10.4 Å². The molecule has 3 N–H and O–H groups in total. The Labute approximate surface area is 106 Å². The smallest absolute Gasteiger partial charge is 0.256 e. The summed E-state index contributed by atoms with van der Waals surface area (Å²) in [5, 5.41) is 30.5. The Morgan fingerprint density at radius 1 is 1.39 bits per heavy atom. The molecule has 96 valence electrons. The van der Waals surface area contributed by atoms with Crippen LogP contribution >= 0.6 is 0 Å². The zero-order valence-corrected chi connectivity index (χ0v) is 10.4. The molecule has 0 fully saturated rings. The average Bonchev–Trinajstić information content (AvgIpc) is 2.36. The molecule has 0 aliphatic heterocycles. The van der Waals surface area contributed by atoms with Gasteiger partial charge in [0.2, 0.25) is 0 Å². The number of phenolic OH excluding ortho intramolecular Hbond substituents is 2. The number of carbonyl (C=O) groups excluding carboxylic acids is 1. The number of hydrogen-bond donors (Lipinski definition) is 3. The van der Waals surface area contributed by atoms with Crippen LogP contribution in [0.3, 0.4) is 0 Å². The summed E-state index contributed by atoms with van der Waals surface area (Å²) in [6.07, 6.45) is 0.954. The van der Waals surface area contributed by atoms with Gasteiger partial charge in [0.1, 0.15) is 17.0 Å². The largest absolute Gasteiger partial charge is 0.508 e. The zero-order valence-electron chi connectivity index (χ0n) is 10.4. The maximum atomic E-state index is 12.0. The number of amides is 1. The van der Waals surface area contributed by atoms with Crippen LogP contribution in [0.4, 0.5) is 0 Å². The molecule has 18 heavy (non-hydrogen) atoms. The first-order chi connectivity index (χ1) is 8.48. The van der Waals surface area contributed by atoms with Gasteiger partial charge in [-0.25, -0.2) is 0 Å². The van der Waals surface area contributed by atoms with Gasteiger partial charge in [-0.3, -0.25) is 4.79 Å². The first-order valence-electron chi connectivity index (χ1n) is 5.73. The van der Waals surface area contributed by atoms with Crippen LogP contribution in [0.25, 0.3) is 0 Å². The van der Waals surface area contributed by atoms with E-state index in [0.29, 0.717) is 12.8 Å². The molecule has 1 rings (SSSR count). The van der Waals surface area contributed by atoms with Crippen LogP contribution in [0.15, 0.2) is 18.2 Å². The van der Waals surface area contributed by atoms with Gasteiger partial charge in [0.25, 0.3) is 5.91 Å². The second kappa shape index (κ2) is 5.41. The molecule has 0 bridgehead atoms. The Bertz CT molecular complexity index is 487. The lowest BCUT2D eigenvalue weighted by molar-refractivity contribution is 0.0913. The molecule has 1 amide bonds. The fourth-order valence-corrected chi connectivity index (χ4v) is 1.61.